The van der Waals surface area contributed by atoms with Gasteiger partial charge in [0.15, 0.2) is 18.0 Å². The zero-order valence-electron chi connectivity index (χ0n) is 13.7. The molecule has 5 atom stereocenters. The summed E-state index contributed by atoms with van der Waals surface area (Å²) >= 11 is 0. The van der Waals surface area contributed by atoms with Crippen molar-refractivity contribution in [3.05, 3.63) is 48.6 Å². The lowest BCUT2D eigenvalue weighted by molar-refractivity contribution is -0.189. The SMILES string of the molecule is O=C1C2OC2C2(Oc3cccc4cccc(c34)O2)C23OC12C(O)C=CC3=O. The van der Waals surface area contributed by atoms with Crippen LogP contribution in [-0.2, 0) is 19.1 Å². The lowest BCUT2D eigenvalue weighted by Gasteiger charge is -2.44. The summed E-state index contributed by atoms with van der Waals surface area (Å²) in [5.41, 5.74) is -3.49. The maximum Gasteiger partial charge on any atom is 0.321 e. The Bertz CT molecular complexity index is 1100. The maximum absolute atomic E-state index is 13.0. The molecule has 5 aliphatic rings. The van der Waals surface area contributed by atoms with Crippen LogP contribution in [0.3, 0.4) is 0 Å². The molecule has 5 unspecified atom stereocenters. The van der Waals surface area contributed by atoms with Crippen molar-refractivity contribution in [2.24, 2.45) is 0 Å². The molecule has 7 heteroatoms. The van der Waals surface area contributed by atoms with Gasteiger partial charge in [-0.3, -0.25) is 9.59 Å². The average Bonchev–Trinajstić information content (AvgIpc) is 3.57. The number of aliphatic hydroxyl groups excluding tert-OH is 1. The highest BCUT2D eigenvalue weighted by Crippen LogP contribution is 2.70. The number of hydrogen-bond donors (Lipinski definition) is 1. The molecule has 3 aliphatic heterocycles. The first kappa shape index (κ1) is 14.3. The molecule has 2 aliphatic carbocycles. The second-order valence-corrected chi connectivity index (χ2v) is 7.51. The minimum absolute atomic E-state index is 0.437. The van der Waals surface area contributed by atoms with Gasteiger partial charge < -0.3 is 24.1 Å². The van der Waals surface area contributed by atoms with E-state index in [-0.39, 0.29) is 0 Å². The standard InChI is InChI=1S/C20H12O7/c21-12-7-8-13(22)19-18(12,27-19)16(23)15-17(24-15)20(19)25-10-5-1-3-9-4-2-6-11(26-20)14(9)10/h1-8,12,15,17,21H. The van der Waals surface area contributed by atoms with Crippen LogP contribution >= 0.6 is 0 Å². The minimum Gasteiger partial charge on any atom is -0.446 e. The fourth-order valence-electron chi connectivity index (χ4n) is 5.08. The van der Waals surface area contributed by atoms with E-state index in [1.807, 2.05) is 24.3 Å². The molecule has 3 fully saturated rings. The molecule has 7 nitrogen and oxygen atoms in total. The van der Waals surface area contributed by atoms with Crippen molar-refractivity contribution in [3.8, 4) is 11.5 Å². The van der Waals surface area contributed by atoms with Crippen molar-refractivity contribution in [2.45, 2.75) is 35.3 Å². The normalized spacial score (nSPS) is 41.3. The second kappa shape index (κ2) is 3.91. The van der Waals surface area contributed by atoms with Crippen LogP contribution in [0.25, 0.3) is 10.8 Å². The first-order valence-corrected chi connectivity index (χ1v) is 8.76. The van der Waals surface area contributed by atoms with Gasteiger partial charge in [0.05, 0.1) is 5.39 Å². The fraction of sp³-hybridized carbons (Fsp3) is 0.300. The van der Waals surface area contributed by atoms with E-state index in [4.69, 9.17) is 18.9 Å². The number of fused-ring (bicyclic) bond motifs is 2. The van der Waals surface area contributed by atoms with Crippen molar-refractivity contribution in [1.29, 1.82) is 0 Å². The van der Waals surface area contributed by atoms with Gasteiger partial charge in [0.1, 0.15) is 17.6 Å². The molecule has 0 bridgehead atoms. The van der Waals surface area contributed by atoms with E-state index in [0.717, 1.165) is 10.8 Å². The molecule has 134 valence electrons. The smallest absolute Gasteiger partial charge is 0.321 e. The molecular weight excluding hydrogens is 352 g/mol. The van der Waals surface area contributed by atoms with Crippen LogP contribution in [0.5, 0.6) is 11.5 Å². The van der Waals surface area contributed by atoms with Crippen LogP contribution in [0.2, 0.25) is 0 Å². The number of carbonyl (C=O) groups excluding carboxylic acids is 2. The van der Waals surface area contributed by atoms with E-state index >= 15 is 0 Å². The predicted octanol–water partition coefficient (Wildman–Crippen LogP) is 0.665. The largest absolute Gasteiger partial charge is 0.446 e. The van der Waals surface area contributed by atoms with E-state index < -0.39 is 46.9 Å². The third-order valence-electron chi connectivity index (χ3n) is 6.32. The van der Waals surface area contributed by atoms with Crippen LogP contribution in [0.4, 0.5) is 0 Å². The number of aliphatic hydroxyl groups is 1. The summed E-state index contributed by atoms with van der Waals surface area (Å²) in [7, 11) is 0. The number of hydrogen-bond acceptors (Lipinski definition) is 7. The number of rotatable bonds is 0. The summed E-state index contributed by atoms with van der Waals surface area (Å²) < 4.78 is 24.0. The summed E-state index contributed by atoms with van der Waals surface area (Å²) in [6.45, 7) is 0. The number of epoxide rings is 2. The quantitative estimate of drug-likeness (QED) is 0.686. The number of carbonyl (C=O) groups is 2. The molecule has 1 saturated carbocycles. The Hall–Kier alpha value is -2.74. The highest BCUT2D eigenvalue weighted by atomic mass is 16.8. The van der Waals surface area contributed by atoms with Crippen LogP contribution in [0.15, 0.2) is 48.6 Å². The van der Waals surface area contributed by atoms with Gasteiger partial charge in [0.25, 0.3) is 5.60 Å². The average molecular weight is 364 g/mol. The first-order valence-electron chi connectivity index (χ1n) is 8.76. The first-order chi connectivity index (χ1) is 13.1. The van der Waals surface area contributed by atoms with E-state index in [9.17, 15) is 14.7 Å². The number of ether oxygens (including phenoxy) is 4. The highest BCUT2D eigenvalue weighted by Gasteiger charge is 3.00. The highest BCUT2D eigenvalue weighted by molar-refractivity contribution is 6.15. The molecule has 27 heavy (non-hydrogen) atoms. The third-order valence-corrected chi connectivity index (χ3v) is 6.32. The Morgan fingerprint density at radius 2 is 1.70 bits per heavy atom. The van der Waals surface area contributed by atoms with Gasteiger partial charge in [-0.05, 0) is 29.7 Å². The fourth-order valence-corrected chi connectivity index (χ4v) is 5.08. The number of Topliss-reactive ketones (excluding diaryl/α,β-unsaturated/α-hetero) is 1. The van der Waals surface area contributed by atoms with Crippen LogP contribution in [0.1, 0.15) is 0 Å². The van der Waals surface area contributed by atoms with Crippen molar-refractivity contribution in [3.63, 3.8) is 0 Å². The van der Waals surface area contributed by atoms with E-state index in [2.05, 4.69) is 0 Å². The van der Waals surface area contributed by atoms with Crippen molar-refractivity contribution >= 4 is 22.3 Å². The Morgan fingerprint density at radius 3 is 2.41 bits per heavy atom. The molecule has 0 aromatic heterocycles. The lowest BCUT2D eigenvalue weighted by Crippen LogP contribution is -2.72. The molecule has 2 saturated heterocycles. The predicted molar refractivity (Wildman–Crippen MR) is 88.3 cm³/mol. The zero-order valence-corrected chi connectivity index (χ0v) is 13.7. The molecule has 2 aromatic rings. The number of benzene rings is 2. The summed E-state index contributed by atoms with van der Waals surface area (Å²) in [4.78, 5) is 25.8. The molecular formula is C20H12O7. The summed E-state index contributed by atoms with van der Waals surface area (Å²) in [6, 6.07) is 11.1. The monoisotopic (exact) mass is 364 g/mol. The summed E-state index contributed by atoms with van der Waals surface area (Å²) in [6.07, 6.45) is -0.392. The minimum atomic E-state index is -1.77. The van der Waals surface area contributed by atoms with Crippen molar-refractivity contribution < 1.29 is 33.6 Å². The van der Waals surface area contributed by atoms with Crippen molar-refractivity contribution in [1.82, 2.24) is 0 Å². The van der Waals surface area contributed by atoms with Gasteiger partial charge in [-0.15, -0.1) is 0 Å². The molecule has 0 amide bonds. The van der Waals surface area contributed by atoms with Gasteiger partial charge in [-0.2, -0.15) is 0 Å². The van der Waals surface area contributed by atoms with Crippen molar-refractivity contribution in [2.75, 3.05) is 0 Å². The van der Waals surface area contributed by atoms with Gasteiger partial charge in [0, 0.05) is 0 Å². The maximum atomic E-state index is 13.0. The Balaban J connectivity index is 1.51. The van der Waals surface area contributed by atoms with Crippen LogP contribution in [-0.4, -0.2) is 52.0 Å². The van der Waals surface area contributed by atoms with E-state index in [1.54, 1.807) is 12.1 Å². The number of ketones is 2. The second-order valence-electron chi connectivity index (χ2n) is 7.51. The summed E-state index contributed by atoms with van der Waals surface area (Å²) in [5.74, 6) is -1.53. The van der Waals surface area contributed by atoms with Gasteiger partial charge >= 0.3 is 5.79 Å². The van der Waals surface area contributed by atoms with Crippen LogP contribution in [0, 0.1) is 0 Å². The zero-order chi connectivity index (χ0) is 18.2. The molecule has 2 aromatic carbocycles. The molecule has 7 rings (SSSR count). The van der Waals surface area contributed by atoms with E-state index in [0.29, 0.717) is 11.5 Å². The third kappa shape index (κ3) is 1.24. The van der Waals surface area contributed by atoms with Gasteiger partial charge in [-0.1, -0.05) is 24.3 Å². The van der Waals surface area contributed by atoms with Gasteiger partial charge in [0.2, 0.25) is 11.4 Å². The Labute approximate surface area is 152 Å². The summed E-state index contributed by atoms with van der Waals surface area (Å²) in [5, 5.41) is 12.2. The topological polar surface area (TPSA) is 97.9 Å². The van der Waals surface area contributed by atoms with E-state index in [1.165, 1.54) is 12.2 Å². The van der Waals surface area contributed by atoms with Gasteiger partial charge in [-0.25, -0.2) is 0 Å². The Kier molecular flexibility index (Phi) is 2.08. The van der Waals surface area contributed by atoms with Crippen LogP contribution < -0.4 is 9.47 Å². The molecule has 1 N–H and O–H groups in total. The Morgan fingerprint density at radius 1 is 1.00 bits per heavy atom. The molecule has 0 radical (unpaired) electrons. The lowest BCUT2D eigenvalue weighted by atomic mass is 9.67. The molecule has 3 heterocycles. The molecule has 1 spiro atoms.